The second-order valence-corrected chi connectivity index (χ2v) is 6.14. The van der Waals surface area contributed by atoms with Crippen LogP contribution in [0.5, 0.6) is 34.5 Å². The van der Waals surface area contributed by atoms with Crippen LogP contribution in [0.15, 0.2) is 18.4 Å². The fraction of sp³-hybridized carbons (Fsp3) is 0.263. The van der Waals surface area contributed by atoms with Crippen LogP contribution in [0.3, 0.4) is 0 Å². The van der Waals surface area contributed by atoms with E-state index in [2.05, 4.69) is 0 Å². The highest BCUT2D eigenvalue weighted by molar-refractivity contribution is 6.25. The van der Waals surface area contributed by atoms with Gasteiger partial charge in [-0.3, -0.25) is 0 Å². The van der Waals surface area contributed by atoms with Crippen LogP contribution in [-0.4, -0.2) is 35.2 Å². The maximum Gasteiger partial charge on any atom is 0.348 e. The molecule has 0 N–H and O–H groups in total. The number of benzene rings is 2. The summed E-state index contributed by atoms with van der Waals surface area (Å²) in [6.07, 6.45) is 0. The molecule has 1 aliphatic rings. The second-order valence-electron chi connectivity index (χ2n) is 6.14. The molecule has 4 aromatic rings. The summed E-state index contributed by atoms with van der Waals surface area (Å²) in [6.45, 7) is -0.122. The molecule has 10 nitrogen and oxygen atoms in total. The largest absolute Gasteiger partial charge is 0.492 e. The van der Waals surface area contributed by atoms with Gasteiger partial charge < -0.3 is 37.3 Å². The predicted octanol–water partition coefficient (Wildman–Crippen LogP) is 2.25. The minimum absolute atomic E-state index is 0.0106. The fourth-order valence-corrected chi connectivity index (χ4v) is 3.84. The number of methoxy groups -OCH3 is 4. The van der Waals surface area contributed by atoms with Crippen LogP contribution in [-0.2, 0) is 0 Å². The number of hydrogen-bond donors (Lipinski definition) is 0. The number of rotatable bonds is 4. The van der Waals surface area contributed by atoms with Gasteiger partial charge in [0.15, 0.2) is 22.7 Å². The highest BCUT2D eigenvalue weighted by Gasteiger charge is 2.35. The van der Waals surface area contributed by atoms with Crippen molar-refractivity contribution in [2.45, 2.75) is 0 Å². The standard InChI is InChI=1S/C19H14O10/c1-22-10-8-6-7-9(19(21)28-12(6)15(25-4)14(10)24-3)11(23-2)16-17(27-5-26-16)13(7)29-18(8)20/h5H2,1-4H3. The lowest BCUT2D eigenvalue weighted by atomic mass is 10.00. The molecule has 0 unspecified atom stereocenters. The van der Waals surface area contributed by atoms with E-state index in [1.807, 2.05) is 0 Å². The molecule has 0 spiro atoms. The van der Waals surface area contributed by atoms with Crippen molar-refractivity contribution in [3.63, 3.8) is 0 Å². The molecule has 0 fully saturated rings. The van der Waals surface area contributed by atoms with Crippen LogP contribution in [0, 0.1) is 0 Å². The van der Waals surface area contributed by atoms with E-state index in [0.29, 0.717) is 0 Å². The van der Waals surface area contributed by atoms with Crippen LogP contribution in [0.4, 0.5) is 0 Å². The van der Waals surface area contributed by atoms with E-state index in [4.69, 9.17) is 37.3 Å². The Labute approximate surface area is 161 Å². The Bertz CT molecular complexity index is 1410. The molecular weight excluding hydrogens is 388 g/mol. The molecule has 0 aliphatic carbocycles. The van der Waals surface area contributed by atoms with Gasteiger partial charge in [0, 0.05) is 0 Å². The van der Waals surface area contributed by atoms with Gasteiger partial charge in [-0.1, -0.05) is 0 Å². The van der Waals surface area contributed by atoms with Gasteiger partial charge in [-0.05, 0) is 0 Å². The monoisotopic (exact) mass is 402 g/mol. The van der Waals surface area contributed by atoms with Crippen LogP contribution in [0.1, 0.15) is 0 Å². The van der Waals surface area contributed by atoms with Crippen molar-refractivity contribution in [2.75, 3.05) is 35.2 Å². The molecule has 2 aromatic carbocycles. The Morgan fingerprint density at radius 3 is 1.72 bits per heavy atom. The van der Waals surface area contributed by atoms with E-state index < -0.39 is 11.3 Å². The Morgan fingerprint density at radius 2 is 1.10 bits per heavy atom. The van der Waals surface area contributed by atoms with Crippen molar-refractivity contribution < 1.29 is 37.3 Å². The molecule has 1 aliphatic heterocycles. The summed E-state index contributed by atoms with van der Waals surface area (Å²) >= 11 is 0. The van der Waals surface area contributed by atoms with E-state index in [0.717, 1.165) is 0 Å². The lowest BCUT2D eigenvalue weighted by molar-refractivity contribution is 0.171. The van der Waals surface area contributed by atoms with Gasteiger partial charge in [0.1, 0.15) is 10.8 Å². The third kappa shape index (κ3) is 1.95. The van der Waals surface area contributed by atoms with Crippen molar-refractivity contribution >= 4 is 32.7 Å². The topological polar surface area (TPSA) is 116 Å². The average Bonchev–Trinajstić information content (AvgIpc) is 3.21. The minimum Gasteiger partial charge on any atom is -0.492 e. The van der Waals surface area contributed by atoms with Gasteiger partial charge >= 0.3 is 11.3 Å². The zero-order valence-corrected chi connectivity index (χ0v) is 15.8. The molecule has 0 saturated heterocycles. The first-order valence-corrected chi connectivity index (χ1v) is 8.41. The molecule has 2 aromatic heterocycles. The summed E-state index contributed by atoms with van der Waals surface area (Å²) in [7, 11) is 5.51. The number of ether oxygens (including phenoxy) is 6. The third-order valence-corrected chi connectivity index (χ3v) is 4.92. The molecule has 0 atom stereocenters. The zero-order valence-electron chi connectivity index (χ0n) is 15.8. The first-order chi connectivity index (χ1) is 14.1. The normalized spacial score (nSPS) is 12.8. The smallest absolute Gasteiger partial charge is 0.348 e. The lowest BCUT2D eigenvalue weighted by Gasteiger charge is -2.18. The predicted molar refractivity (Wildman–Crippen MR) is 99.5 cm³/mol. The highest BCUT2D eigenvalue weighted by Crippen LogP contribution is 2.54. The van der Waals surface area contributed by atoms with E-state index in [-0.39, 0.29) is 74.0 Å². The summed E-state index contributed by atoms with van der Waals surface area (Å²) in [4.78, 5) is 25.9. The van der Waals surface area contributed by atoms with E-state index >= 15 is 0 Å². The molecule has 0 radical (unpaired) electrons. The first-order valence-electron chi connectivity index (χ1n) is 8.41. The van der Waals surface area contributed by atoms with Crippen LogP contribution in [0.2, 0.25) is 0 Å². The quantitative estimate of drug-likeness (QED) is 0.372. The number of hydrogen-bond acceptors (Lipinski definition) is 10. The van der Waals surface area contributed by atoms with Crippen molar-refractivity contribution in [1.29, 1.82) is 0 Å². The molecule has 0 saturated carbocycles. The Balaban J connectivity index is 2.21. The van der Waals surface area contributed by atoms with E-state index in [1.165, 1.54) is 28.4 Å². The molecular formula is C19H14O10. The highest BCUT2D eigenvalue weighted by atomic mass is 16.7. The van der Waals surface area contributed by atoms with Crippen LogP contribution >= 0.6 is 0 Å². The molecule has 150 valence electrons. The molecule has 3 heterocycles. The van der Waals surface area contributed by atoms with Gasteiger partial charge in [0.25, 0.3) is 0 Å². The zero-order chi connectivity index (χ0) is 20.4. The van der Waals surface area contributed by atoms with Gasteiger partial charge in [0.2, 0.25) is 29.8 Å². The summed E-state index contributed by atoms with van der Waals surface area (Å²) in [6, 6.07) is 0. The summed E-state index contributed by atoms with van der Waals surface area (Å²) in [5, 5.41) is 0.604. The first kappa shape index (κ1) is 17.3. The summed E-state index contributed by atoms with van der Waals surface area (Å²) in [5.74, 6) is 0.704. The Morgan fingerprint density at radius 1 is 0.586 bits per heavy atom. The molecule has 0 amide bonds. The third-order valence-electron chi connectivity index (χ3n) is 4.92. The van der Waals surface area contributed by atoms with E-state index in [9.17, 15) is 9.59 Å². The van der Waals surface area contributed by atoms with Crippen LogP contribution < -0.4 is 39.7 Å². The van der Waals surface area contributed by atoms with Crippen molar-refractivity contribution in [3.05, 3.63) is 20.8 Å². The molecule has 10 heteroatoms. The average molecular weight is 402 g/mol. The minimum atomic E-state index is -0.738. The fourth-order valence-electron chi connectivity index (χ4n) is 3.84. The van der Waals surface area contributed by atoms with Gasteiger partial charge in [-0.2, -0.15) is 0 Å². The van der Waals surface area contributed by atoms with Crippen LogP contribution in [0.25, 0.3) is 32.7 Å². The molecule has 5 rings (SSSR count). The maximum atomic E-state index is 13.0. The van der Waals surface area contributed by atoms with Gasteiger partial charge in [0.05, 0.1) is 39.2 Å². The Hall–Kier alpha value is -3.82. The summed E-state index contributed by atoms with van der Waals surface area (Å²) < 4.78 is 43.7. The Kier molecular flexibility index (Phi) is 3.48. The SMILES string of the molecule is COc1c(OC)c2oc(=O)c3c(OC)c4c(c5oc(=O)c(c1OC)c2c53)OCO4. The van der Waals surface area contributed by atoms with Gasteiger partial charge in [-0.15, -0.1) is 0 Å². The summed E-state index contributed by atoms with van der Waals surface area (Å²) in [5.41, 5.74) is -1.42. The van der Waals surface area contributed by atoms with Crippen molar-refractivity contribution in [2.24, 2.45) is 0 Å². The van der Waals surface area contributed by atoms with Crippen molar-refractivity contribution in [3.8, 4) is 34.5 Å². The molecule has 29 heavy (non-hydrogen) atoms. The molecule has 0 bridgehead atoms. The van der Waals surface area contributed by atoms with Gasteiger partial charge in [-0.25, -0.2) is 9.59 Å². The number of fused-ring (bicyclic) bond motifs is 2. The van der Waals surface area contributed by atoms with E-state index in [1.54, 1.807) is 0 Å². The maximum absolute atomic E-state index is 13.0. The second kappa shape index (κ2) is 5.84. The lowest BCUT2D eigenvalue weighted by Crippen LogP contribution is -2.11. The van der Waals surface area contributed by atoms with Crippen molar-refractivity contribution in [1.82, 2.24) is 0 Å².